The van der Waals surface area contributed by atoms with Crippen LogP contribution in [0.4, 0.5) is 9.18 Å². The van der Waals surface area contributed by atoms with Gasteiger partial charge < -0.3 is 15.3 Å². The number of β-amino-alcohol motifs (C(OH)–C–C–N with tert-alkyl or cyclic N) is 1. The van der Waals surface area contributed by atoms with Gasteiger partial charge in [-0.2, -0.15) is 0 Å². The molecule has 2 amide bonds. The van der Waals surface area contributed by atoms with Gasteiger partial charge in [0.1, 0.15) is 5.82 Å². The zero-order valence-electron chi connectivity index (χ0n) is 12.2. The Morgan fingerprint density at radius 3 is 3.00 bits per heavy atom. The van der Waals surface area contributed by atoms with Crippen LogP contribution in [0.3, 0.4) is 0 Å². The molecule has 0 saturated carbocycles. The van der Waals surface area contributed by atoms with Crippen LogP contribution in [0, 0.1) is 11.7 Å². The highest BCUT2D eigenvalue weighted by molar-refractivity contribution is 5.75. The quantitative estimate of drug-likeness (QED) is 0.834. The molecular formula is C16H21FN2O2. The van der Waals surface area contributed by atoms with Crippen molar-refractivity contribution in [3.63, 3.8) is 0 Å². The molecule has 2 N–H and O–H groups in total. The van der Waals surface area contributed by atoms with Gasteiger partial charge in [0.25, 0.3) is 0 Å². The Morgan fingerprint density at radius 2 is 2.24 bits per heavy atom. The Bertz CT molecular complexity index is 549. The normalized spacial score (nSPS) is 28.3. The van der Waals surface area contributed by atoms with Crippen molar-refractivity contribution in [2.75, 3.05) is 13.1 Å². The number of rotatable bonds is 1. The van der Waals surface area contributed by atoms with Crippen LogP contribution >= 0.6 is 0 Å². The molecule has 4 nitrogen and oxygen atoms in total. The topological polar surface area (TPSA) is 52.6 Å². The molecule has 0 bridgehead atoms. The van der Waals surface area contributed by atoms with Gasteiger partial charge in [-0.15, -0.1) is 0 Å². The number of carbonyl (C=O) groups is 1. The molecule has 1 aliphatic carbocycles. The second kappa shape index (κ2) is 5.64. The zero-order chi connectivity index (χ0) is 15.0. The summed E-state index contributed by atoms with van der Waals surface area (Å²) < 4.78 is 13.7. The van der Waals surface area contributed by atoms with Gasteiger partial charge in [0, 0.05) is 13.1 Å². The summed E-state index contributed by atoms with van der Waals surface area (Å²) >= 11 is 0. The number of halogens is 1. The van der Waals surface area contributed by atoms with Gasteiger partial charge in [-0.05, 0) is 42.4 Å². The van der Waals surface area contributed by atoms with Crippen molar-refractivity contribution in [3.8, 4) is 0 Å². The van der Waals surface area contributed by atoms with E-state index in [1.165, 1.54) is 6.07 Å². The molecular weight excluding hydrogens is 271 g/mol. The summed E-state index contributed by atoms with van der Waals surface area (Å²) in [4.78, 5) is 14.0. The minimum absolute atomic E-state index is 0.125. The van der Waals surface area contributed by atoms with Crippen molar-refractivity contribution in [2.45, 2.75) is 38.3 Å². The van der Waals surface area contributed by atoms with E-state index in [1.54, 1.807) is 11.0 Å². The van der Waals surface area contributed by atoms with Gasteiger partial charge >= 0.3 is 6.03 Å². The molecule has 5 heteroatoms. The zero-order valence-corrected chi connectivity index (χ0v) is 12.2. The van der Waals surface area contributed by atoms with Gasteiger partial charge in [-0.1, -0.05) is 19.1 Å². The first kappa shape index (κ1) is 14.3. The summed E-state index contributed by atoms with van der Waals surface area (Å²) in [5.41, 5.74) is 1.60. The average Bonchev–Trinajstić information content (AvgIpc) is 2.86. The molecule has 1 aliphatic heterocycles. The average molecular weight is 292 g/mol. The second-order valence-electron chi connectivity index (χ2n) is 6.13. The van der Waals surface area contributed by atoms with Crippen LogP contribution in [0.1, 0.15) is 36.9 Å². The van der Waals surface area contributed by atoms with E-state index < -0.39 is 6.10 Å². The van der Waals surface area contributed by atoms with Gasteiger partial charge in [-0.3, -0.25) is 0 Å². The highest BCUT2D eigenvalue weighted by atomic mass is 19.1. The first-order chi connectivity index (χ1) is 10.1. The standard InChI is InChI=1S/C16H21FN2O2/c1-10-7-8-19(9-15(10)20)16(21)18-14-6-5-11-12(14)3-2-4-13(11)17/h2-4,10,14-15,20H,5-9H2,1H3,(H,18,21). The Hall–Kier alpha value is -1.62. The number of hydrogen-bond donors (Lipinski definition) is 2. The van der Waals surface area contributed by atoms with Crippen molar-refractivity contribution >= 4 is 6.03 Å². The number of nitrogens with zero attached hydrogens (tertiary/aromatic N) is 1. The molecule has 1 fully saturated rings. The maximum atomic E-state index is 13.7. The fourth-order valence-corrected chi connectivity index (χ4v) is 3.23. The Labute approximate surface area is 124 Å². The summed E-state index contributed by atoms with van der Waals surface area (Å²) in [5, 5.41) is 12.9. The van der Waals surface area contributed by atoms with Gasteiger partial charge in [0.05, 0.1) is 12.1 Å². The molecule has 1 saturated heterocycles. The van der Waals surface area contributed by atoms with Crippen LogP contribution in [0.2, 0.25) is 0 Å². The van der Waals surface area contributed by atoms with Crippen molar-refractivity contribution in [3.05, 3.63) is 35.1 Å². The number of carbonyl (C=O) groups excluding carboxylic acids is 1. The summed E-state index contributed by atoms with van der Waals surface area (Å²) in [7, 11) is 0. The van der Waals surface area contributed by atoms with Crippen LogP contribution in [-0.4, -0.2) is 35.2 Å². The molecule has 1 aromatic carbocycles. The lowest BCUT2D eigenvalue weighted by Gasteiger charge is -2.35. The minimum Gasteiger partial charge on any atom is -0.391 e. The predicted molar refractivity (Wildman–Crippen MR) is 77.4 cm³/mol. The van der Waals surface area contributed by atoms with E-state index in [0.717, 1.165) is 24.0 Å². The smallest absolute Gasteiger partial charge is 0.317 e. The first-order valence-corrected chi connectivity index (χ1v) is 7.57. The van der Waals surface area contributed by atoms with Crippen LogP contribution in [-0.2, 0) is 6.42 Å². The third-order valence-electron chi connectivity index (χ3n) is 4.72. The number of amides is 2. The molecule has 3 atom stereocenters. The number of piperidine rings is 1. The summed E-state index contributed by atoms with van der Waals surface area (Å²) in [5.74, 6) is 0.0434. The fourth-order valence-electron chi connectivity index (χ4n) is 3.23. The SMILES string of the molecule is CC1CCN(C(=O)NC2CCc3c(F)cccc32)CC1O. The molecule has 3 rings (SSSR count). The van der Waals surface area contributed by atoms with E-state index in [0.29, 0.717) is 19.5 Å². The molecule has 21 heavy (non-hydrogen) atoms. The highest BCUT2D eigenvalue weighted by Gasteiger charge is 2.31. The summed E-state index contributed by atoms with van der Waals surface area (Å²) in [6.45, 7) is 3.03. The maximum absolute atomic E-state index is 13.7. The number of urea groups is 1. The molecule has 0 radical (unpaired) electrons. The van der Waals surface area contributed by atoms with Crippen molar-refractivity contribution in [2.24, 2.45) is 5.92 Å². The number of aliphatic hydroxyl groups is 1. The van der Waals surface area contributed by atoms with Crippen LogP contribution in [0.5, 0.6) is 0 Å². The largest absolute Gasteiger partial charge is 0.391 e. The van der Waals surface area contributed by atoms with E-state index in [9.17, 15) is 14.3 Å². The molecule has 1 heterocycles. The number of nitrogens with one attached hydrogen (secondary N) is 1. The van der Waals surface area contributed by atoms with Gasteiger partial charge in [0.2, 0.25) is 0 Å². The van der Waals surface area contributed by atoms with Crippen molar-refractivity contribution in [1.29, 1.82) is 0 Å². The van der Waals surface area contributed by atoms with Crippen molar-refractivity contribution < 1.29 is 14.3 Å². The number of benzene rings is 1. The van der Waals surface area contributed by atoms with E-state index in [-0.39, 0.29) is 23.8 Å². The molecule has 3 unspecified atom stereocenters. The van der Waals surface area contributed by atoms with E-state index in [1.807, 2.05) is 13.0 Å². The van der Waals surface area contributed by atoms with E-state index in [4.69, 9.17) is 0 Å². The van der Waals surface area contributed by atoms with E-state index in [2.05, 4.69) is 5.32 Å². The van der Waals surface area contributed by atoms with Gasteiger partial charge in [0.15, 0.2) is 0 Å². The highest BCUT2D eigenvalue weighted by Crippen LogP contribution is 2.32. The van der Waals surface area contributed by atoms with E-state index >= 15 is 0 Å². The second-order valence-corrected chi connectivity index (χ2v) is 6.13. The summed E-state index contributed by atoms with van der Waals surface area (Å²) in [6.07, 6.45) is 1.74. The molecule has 1 aromatic rings. The number of likely N-dealkylation sites (tertiary alicyclic amines) is 1. The van der Waals surface area contributed by atoms with Crippen molar-refractivity contribution in [1.82, 2.24) is 10.2 Å². The first-order valence-electron chi connectivity index (χ1n) is 7.57. The molecule has 2 aliphatic rings. The monoisotopic (exact) mass is 292 g/mol. The number of hydrogen-bond acceptors (Lipinski definition) is 2. The molecule has 114 valence electrons. The number of fused-ring (bicyclic) bond motifs is 1. The summed E-state index contributed by atoms with van der Waals surface area (Å²) in [6, 6.07) is 4.74. The van der Waals surface area contributed by atoms with Crippen LogP contribution in [0.15, 0.2) is 18.2 Å². The van der Waals surface area contributed by atoms with Crippen LogP contribution in [0.25, 0.3) is 0 Å². The Morgan fingerprint density at radius 1 is 1.43 bits per heavy atom. The van der Waals surface area contributed by atoms with Crippen LogP contribution < -0.4 is 5.32 Å². The van der Waals surface area contributed by atoms with Gasteiger partial charge in [-0.25, -0.2) is 9.18 Å². The Kier molecular flexibility index (Phi) is 3.85. The lowest BCUT2D eigenvalue weighted by atomic mass is 9.96. The maximum Gasteiger partial charge on any atom is 0.317 e. The molecule has 0 aromatic heterocycles. The third-order valence-corrected chi connectivity index (χ3v) is 4.72. The Balaban J connectivity index is 1.66. The predicted octanol–water partition coefficient (Wildman–Crippen LogP) is 2.23. The fraction of sp³-hybridized carbons (Fsp3) is 0.562. The lowest BCUT2D eigenvalue weighted by Crippen LogP contribution is -2.50. The minimum atomic E-state index is -0.460. The lowest BCUT2D eigenvalue weighted by molar-refractivity contribution is 0.0430. The third kappa shape index (κ3) is 2.75. The molecule has 0 spiro atoms. The number of aliphatic hydroxyl groups excluding tert-OH is 1.